The fourth-order valence-electron chi connectivity index (χ4n) is 2.18. The standard InChI is InChI=1S/C20H25NO3/c1-16-10-12-19(13-11-16)24-15-17(2)21-20(22)9-6-14-23-18-7-4-3-5-8-18/h3-5,7-8,10-13,17H,6,9,14-15H2,1-2H3,(H,21,22)/t17-/m0/s1. The Morgan fingerprint density at radius 1 is 1.00 bits per heavy atom. The van der Waals surface area contributed by atoms with Gasteiger partial charge in [0.25, 0.3) is 0 Å². The summed E-state index contributed by atoms with van der Waals surface area (Å²) in [4.78, 5) is 11.9. The van der Waals surface area contributed by atoms with E-state index in [4.69, 9.17) is 9.47 Å². The maximum atomic E-state index is 11.9. The van der Waals surface area contributed by atoms with Gasteiger partial charge in [-0.05, 0) is 44.5 Å². The summed E-state index contributed by atoms with van der Waals surface area (Å²) in [5.74, 6) is 1.67. The lowest BCUT2D eigenvalue weighted by Gasteiger charge is -2.15. The lowest BCUT2D eigenvalue weighted by molar-refractivity contribution is -0.122. The van der Waals surface area contributed by atoms with Crippen molar-refractivity contribution < 1.29 is 14.3 Å². The number of benzene rings is 2. The predicted octanol–water partition coefficient (Wildman–Crippen LogP) is 3.74. The normalized spacial score (nSPS) is 11.6. The molecule has 0 heterocycles. The molecule has 4 heteroatoms. The van der Waals surface area contributed by atoms with Gasteiger partial charge in [0.1, 0.15) is 18.1 Å². The first-order valence-electron chi connectivity index (χ1n) is 8.30. The van der Waals surface area contributed by atoms with Gasteiger partial charge in [0.2, 0.25) is 5.91 Å². The van der Waals surface area contributed by atoms with Gasteiger partial charge in [-0.25, -0.2) is 0 Å². The predicted molar refractivity (Wildman–Crippen MR) is 95.4 cm³/mol. The molecule has 0 fully saturated rings. The van der Waals surface area contributed by atoms with Crippen molar-refractivity contribution in [1.82, 2.24) is 5.32 Å². The Kier molecular flexibility index (Phi) is 7.15. The van der Waals surface area contributed by atoms with Gasteiger partial charge in [-0.1, -0.05) is 35.9 Å². The molecule has 0 bridgehead atoms. The van der Waals surface area contributed by atoms with Gasteiger partial charge < -0.3 is 14.8 Å². The van der Waals surface area contributed by atoms with Crippen LogP contribution < -0.4 is 14.8 Å². The maximum Gasteiger partial charge on any atom is 0.220 e. The molecule has 0 aliphatic rings. The number of carbonyl (C=O) groups excluding carboxylic acids is 1. The van der Waals surface area contributed by atoms with Crippen LogP contribution in [0.1, 0.15) is 25.3 Å². The van der Waals surface area contributed by atoms with Crippen LogP contribution >= 0.6 is 0 Å². The van der Waals surface area contributed by atoms with E-state index in [2.05, 4.69) is 5.32 Å². The highest BCUT2D eigenvalue weighted by Gasteiger charge is 2.08. The number of hydrogen-bond donors (Lipinski definition) is 1. The summed E-state index contributed by atoms with van der Waals surface area (Å²) >= 11 is 0. The molecule has 0 aliphatic heterocycles. The van der Waals surface area contributed by atoms with E-state index in [0.717, 1.165) is 11.5 Å². The van der Waals surface area contributed by atoms with Gasteiger partial charge in [0, 0.05) is 6.42 Å². The molecule has 1 atom stereocenters. The Hall–Kier alpha value is -2.49. The monoisotopic (exact) mass is 327 g/mol. The molecule has 0 saturated carbocycles. The summed E-state index contributed by atoms with van der Waals surface area (Å²) in [6.07, 6.45) is 1.13. The number of rotatable bonds is 9. The zero-order valence-electron chi connectivity index (χ0n) is 14.3. The number of para-hydroxylation sites is 1. The van der Waals surface area contributed by atoms with Crippen LogP contribution in [0.25, 0.3) is 0 Å². The van der Waals surface area contributed by atoms with E-state index in [1.165, 1.54) is 5.56 Å². The van der Waals surface area contributed by atoms with Crippen molar-refractivity contribution in [3.8, 4) is 11.5 Å². The summed E-state index contributed by atoms with van der Waals surface area (Å²) in [6.45, 7) is 4.96. The number of carbonyl (C=O) groups is 1. The molecule has 0 spiro atoms. The summed E-state index contributed by atoms with van der Waals surface area (Å²) in [6, 6.07) is 17.5. The molecule has 128 valence electrons. The molecule has 2 aromatic carbocycles. The summed E-state index contributed by atoms with van der Waals surface area (Å²) in [7, 11) is 0. The molecule has 0 unspecified atom stereocenters. The third-order valence-corrected chi connectivity index (χ3v) is 3.49. The topological polar surface area (TPSA) is 47.6 Å². The molecule has 2 aromatic rings. The minimum Gasteiger partial charge on any atom is -0.494 e. The van der Waals surface area contributed by atoms with E-state index < -0.39 is 0 Å². The molecule has 1 N–H and O–H groups in total. The quantitative estimate of drug-likeness (QED) is 0.714. The largest absolute Gasteiger partial charge is 0.494 e. The zero-order chi connectivity index (χ0) is 17.2. The average molecular weight is 327 g/mol. The molecular formula is C20H25NO3. The van der Waals surface area contributed by atoms with Crippen molar-refractivity contribution >= 4 is 5.91 Å². The second-order valence-electron chi connectivity index (χ2n) is 5.86. The van der Waals surface area contributed by atoms with Crippen LogP contribution in [-0.2, 0) is 4.79 Å². The second-order valence-corrected chi connectivity index (χ2v) is 5.86. The van der Waals surface area contributed by atoms with Gasteiger partial charge in [-0.15, -0.1) is 0 Å². The number of amides is 1. The fraction of sp³-hybridized carbons (Fsp3) is 0.350. The zero-order valence-corrected chi connectivity index (χ0v) is 14.3. The minimum atomic E-state index is -0.0335. The lowest BCUT2D eigenvalue weighted by atomic mass is 10.2. The Bertz CT molecular complexity index is 611. The first-order chi connectivity index (χ1) is 11.6. The number of aryl methyl sites for hydroxylation is 1. The first kappa shape index (κ1) is 17.9. The third-order valence-electron chi connectivity index (χ3n) is 3.49. The highest BCUT2D eigenvalue weighted by molar-refractivity contribution is 5.76. The van der Waals surface area contributed by atoms with Crippen molar-refractivity contribution in [2.24, 2.45) is 0 Å². The van der Waals surface area contributed by atoms with Gasteiger partial charge in [-0.2, -0.15) is 0 Å². The minimum absolute atomic E-state index is 0.0201. The van der Waals surface area contributed by atoms with Crippen LogP contribution in [0.3, 0.4) is 0 Å². The van der Waals surface area contributed by atoms with Crippen LogP contribution in [0.5, 0.6) is 11.5 Å². The van der Waals surface area contributed by atoms with Gasteiger partial charge in [0.15, 0.2) is 0 Å². The SMILES string of the molecule is Cc1ccc(OC[C@H](C)NC(=O)CCCOc2ccccc2)cc1. The second kappa shape index (κ2) is 9.60. The smallest absolute Gasteiger partial charge is 0.220 e. The van der Waals surface area contributed by atoms with Gasteiger partial charge >= 0.3 is 0 Å². The average Bonchev–Trinajstić information content (AvgIpc) is 2.59. The van der Waals surface area contributed by atoms with E-state index in [-0.39, 0.29) is 11.9 Å². The van der Waals surface area contributed by atoms with E-state index in [1.807, 2.05) is 68.4 Å². The van der Waals surface area contributed by atoms with Crippen molar-refractivity contribution in [1.29, 1.82) is 0 Å². The van der Waals surface area contributed by atoms with E-state index in [1.54, 1.807) is 0 Å². The van der Waals surface area contributed by atoms with Crippen molar-refractivity contribution in [3.63, 3.8) is 0 Å². The summed E-state index contributed by atoms with van der Waals surface area (Å²) in [5.41, 5.74) is 1.20. The summed E-state index contributed by atoms with van der Waals surface area (Å²) in [5, 5.41) is 2.94. The number of hydrogen-bond acceptors (Lipinski definition) is 3. The molecule has 4 nitrogen and oxygen atoms in total. The molecular weight excluding hydrogens is 302 g/mol. The Labute approximate surface area is 143 Å². The Morgan fingerprint density at radius 2 is 1.67 bits per heavy atom. The first-order valence-corrected chi connectivity index (χ1v) is 8.30. The molecule has 0 aliphatic carbocycles. The van der Waals surface area contributed by atoms with Crippen LogP contribution in [0.15, 0.2) is 54.6 Å². The van der Waals surface area contributed by atoms with Crippen LogP contribution in [0, 0.1) is 6.92 Å². The van der Waals surface area contributed by atoms with E-state index in [9.17, 15) is 4.79 Å². The third kappa shape index (κ3) is 6.73. The van der Waals surface area contributed by atoms with Crippen LogP contribution in [-0.4, -0.2) is 25.2 Å². The van der Waals surface area contributed by atoms with Crippen LogP contribution in [0.2, 0.25) is 0 Å². The van der Waals surface area contributed by atoms with Crippen molar-refractivity contribution in [2.75, 3.05) is 13.2 Å². The van der Waals surface area contributed by atoms with Crippen molar-refractivity contribution in [2.45, 2.75) is 32.7 Å². The molecule has 2 rings (SSSR count). The number of ether oxygens (including phenoxy) is 2. The molecule has 24 heavy (non-hydrogen) atoms. The van der Waals surface area contributed by atoms with Gasteiger partial charge in [-0.3, -0.25) is 4.79 Å². The Balaban J connectivity index is 1.58. The van der Waals surface area contributed by atoms with Crippen molar-refractivity contribution in [3.05, 3.63) is 60.2 Å². The lowest BCUT2D eigenvalue weighted by Crippen LogP contribution is -2.36. The van der Waals surface area contributed by atoms with Gasteiger partial charge in [0.05, 0.1) is 12.6 Å². The van der Waals surface area contributed by atoms with E-state index >= 15 is 0 Å². The summed E-state index contributed by atoms with van der Waals surface area (Å²) < 4.78 is 11.2. The number of nitrogens with one attached hydrogen (secondary N) is 1. The fourth-order valence-corrected chi connectivity index (χ4v) is 2.18. The molecule has 0 radical (unpaired) electrons. The molecule has 0 aromatic heterocycles. The molecule has 0 saturated heterocycles. The Morgan fingerprint density at radius 3 is 2.38 bits per heavy atom. The highest BCUT2D eigenvalue weighted by Crippen LogP contribution is 2.11. The van der Waals surface area contributed by atoms with Crippen LogP contribution in [0.4, 0.5) is 0 Å². The molecule has 1 amide bonds. The maximum absolute atomic E-state index is 11.9. The van der Waals surface area contributed by atoms with E-state index in [0.29, 0.717) is 26.1 Å². The highest BCUT2D eigenvalue weighted by atomic mass is 16.5.